The van der Waals surface area contributed by atoms with Gasteiger partial charge in [-0.25, -0.2) is 9.18 Å². The topological polar surface area (TPSA) is 37.3 Å². The Hall–Kier alpha value is -1.03. The Morgan fingerprint density at radius 3 is 2.79 bits per heavy atom. The van der Waals surface area contributed by atoms with Crippen LogP contribution >= 0.6 is 11.8 Å². The third-order valence-electron chi connectivity index (χ3n) is 1.64. The average molecular weight is 214 g/mol. The molecule has 0 heterocycles. The molecule has 0 radical (unpaired) electrons. The Bertz CT molecular complexity index is 339. The van der Waals surface area contributed by atoms with E-state index in [1.165, 1.54) is 23.9 Å². The summed E-state index contributed by atoms with van der Waals surface area (Å²) >= 11 is 1.40. The van der Waals surface area contributed by atoms with E-state index in [-0.39, 0.29) is 5.56 Å². The summed E-state index contributed by atoms with van der Waals surface area (Å²) in [5.74, 6) is -0.720. The summed E-state index contributed by atoms with van der Waals surface area (Å²) in [6, 6.07) is 3.99. The molecular formula is C10H11FO2S. The number of rotatable bonds is 4. The number of aromatic carboxylic acids is 1. The monoisotopic (exact) mass is 214 g/mol. The van der Waals surface area contributed by atoms with Gasteiger partial charge in [0.1, 0.15) is 5.82 Å². The average Bonchev–Trinajstić information content (AvgIpc) is 2.15. The number of halogens is 1. The molecule has 0 bridgehead atoms. The van der Waals surface area contributed by atoms with Gasteiger partial charge >= 0.3 is 5.97 Å². The number of carboxylic acid groups (broad SMARTS) is 1. The molecule has 1 aromatic rings. The predicted molar refractivity (Wildman–Crippen MR) is 54.4 cm³/mol. The summed E-state index contributed by atoms with van der Waals surface area (Å²) in [6.45, 7) is 2.01. The van der Waals surface area contributed by atoms with Crippen LogP contribution in [0.2, 0.25) is 0 Å². The fourth-order valence-corrected chi connectivity index (χ4v) is 1.75. The first-order valence-electron chi connectivity index (χ1n) is 4.30. The van der Waals surface area contributed by atoms with Gasteiger partial charge in [-0.15, -0.1) is 11.8 Å². The fourth-order valence-electron chi connectivity index (χ4n) is 0.963. The van der Waals surface area contributed by atoms with Gasteiger partial charge in [-0.3, -0.25) is 0 Å². The minimum Gasteiger partial charge on any atom is -0.478 e. The minimum atomic E-state index is -1.10. The first-order valence-corrected chi connectivity index (χ1v) is 5.29. The second kappa shape index (κ2) is 5.00. The van der Waals surface area contributed by atoms with E-state index < -0.39 is 11.8 Å². The molecule has 0 unspecified atom stereocenters. The van der Waals surface area contributed by atoms with Gasteiger partial charge in [-0.1, -0.05) is 6.92 Å². The van der Waals surface area contributed by atoms with Gasteiger partial charge < -0.3 is 5.11 Å². The molecule has 0 spiro atoms. The Morgan fingerprint density at radius 2 is 2.29 bits per heavy atom. The quantitative estimate of drug-likeness (QED) is 0.783. The normalized spacial score (nSPS) is 10.1. The van der Waals surface area contributed by atoms with Crippen molar-refractivity contribution in [1.82, 2.24) is 0 Å². The second-order valence-corrected chi connectivity index (χ2v) is 3.94. The molecule has 0 amide bonds. The number of benzene rings is 1. The largest absolute Gasteiger partial charge is 0.478 e. The predicted octanol–water partition coefficient (Wildman–Crippen LogP) is 3.03. The van der Waals surface area contributed by atoms with Crippen molar-refractivity contribution in [3.05, 3.63) is 29.6 Å². The van der Waals surface area contributed by atoms with Crippen LogP contribution < -0.4 is 0 Å². The molecule has 1 N–H and O–H groups in total. The molecule has 0 saturated heterocycles. The number of carbonyl (C=O) groups is 1. The Morgan fingerprint density at radius 1 is 1.57 bits per heavy atom. The highest BCUT2D eigenvalue weighted by Crippen LogP contribution is 2.23. The molecule has 2 nitrogen and oxygen atoms in total. The molecule has 0 aliphatic carbocycles. The fraction of sp³-hybridized carbons (Fsp3) is 0.300. The van der Waals surface area contributed by atoms with Crippen LogP contribution in [0.25, 0.3) is 0 Å². The molecule has 0 atom stereocenters. The second-order valence-electron chi connectivity index (χ2n) is 2.80. The van der Waals surface area contributed by atoms with Crippen molar-refractivity contribution in [1.29, 1.82) is 0 Å². The summed E-state index contributed by atoms with van der Waals surface area (Å²) in [6.07, 6.45) is 0.963. The lowest BCUT2D eigenvalue weighted by molar-refractivity contribution is 0.0696. The van der Waals surface area contributed by atoms with E-state index in [0.29, 0.717) is 4.90 Å². The van der Waals surface area contributed by atoms with E-state index in [9.17, 15) is 9.18 Å². The SMILES string of the molecule is CCCSc1ccc(C(=O)O)cc1F. The molecule has 0 aromatic heterocycles. The van der Waals surface area contributed by atoms with Gasteiger partial charge in [0.15, 0.2) is 0 Å². The van der Waals surface area contributed by atoms with Crippen LogP contribution in [0.3, 0.4) is 0 Å². The Balaban J connectivity index is 2.84. The molecule has 4 heteroatoms. The number of hydrogen-bond donors (Lipinski definition) is 1. The molecular weight excluding hydrogens is 203 g/mol. The third-order valence-corrected chi connectivity index (χ3v) is 2.89. The lowest BCUT2D eigenvalue weighted by Crippen LogP contribution is -1.97. The zero-order chi connectivity index (χ0) is 10.6. The van der Waals surface area contributed by atoms with Gasteiger partial charge in [0.05, 0.1) is 5.56 Å². The van der Waals surface area contributed by atoms with E-state index in [0.717, 1.165) is 18.2 Å². The van der Waals surface area contributed by atoms with Crippen LogP contribution in [0.5, 0.6) is 0 Å². The third kappa shape index (κ3) is 2.73. The summed E-state index contributed by atoms with van der Waals surface area (Å²) < 4.78 is 13.2. The maximum atomic E-state index is 13.2. The van der Waals surface area contributed by atoms with E-state index >= 15 is 0 Å². The molecule has 76 valence electrons. The van der Waals surface area contributed by atoms with Crippen LogP contribution in [-0.4, -0.2) is 16.8 Å². The Kier molecular flexibility index (Phi) is 3.95. The first kappa shape index (κ1) is 11.0. The maximum absolute atomic E-state index is 13.2. The van der Waals surface area contributed by atoms with Crippen LogP contribution in [0.4, 0.5) is 4.39 Å². The molecule has 0 aliphatic rings. The van der Waals surface area contributed by atoms with Gasteiger partial charge in [0.2, 0.25) is 0 Å². The van der Waals surface area contributed by atoms with E-state index in [1.807, 2.05) is 6.92 Å². The lowest BCUT2D eigenvalue weighted by atomic mass is 10.2. The first-order chi connectivity index (χ1) is 6.65. The zero-order valence-corrected chi connectivity index (χ0v) is 8.60. The van der Waals surface area contributed by atoms with Crippen molar-refractivity contribution in [2.45, 2.75) is 18.2 Å². The van der Waals surface area contributed by atoms with Crippen molar-refractivity contribution >= 4 is 17.7 Å². The summed E-state index contributed by atoms with van der Waals surface area (Å²) in [4.78, 5) is 11.0. The zero-order valence-electron chi connectivity index (χ0n) is 7.79. The molecule has 0 aliphatic heterocycles. The highest BCUT2D eigenvalue weighted by Gasteiger charge is 2.07. The number of hydrogen-bond acceptors (Lipinski definition) is 2. The Labute approximate surface area is 86.1 Å². The van der Waals surface area contributed by atoms with E-state index in [2.05, 4.69) is 0 Å². The molecule has 0 saturated carbocycles. The van der Waals surface area contributed by atoms with Crippen molar-refractivity contribution in [2.24, 2.45) is 0 Å². The molecule has 1 rings (SSSR count). The van der Waals surface area contributed by atoms with Crippen LogP contribution in [0.1, 0.15) is 23.7 Å². The van der Waals surface area contributed by atoms with E-state index in [1.54, 1.807) is 0 Å². The van der Waals surface area contributed by atoms with Crippen molar-refractivity contribution in [2.75, 3.05) is 5.75 Å². The lowest BCUT2D eigenvalue weighted by Gasteiger charge is -2.02. The number of thioether (sulfide) groups is 1. The standard InChI is InChI=1S/C10H11FO2S/c1-2-5-14-9-4-3-7(10(12)13)6-8(9)11/h3-4,6H,2,5H2,1H3,(H,12,13). The van der Waals surface area contributed by atoms with Gasteiger partial charge in [0.25, 0.3) is 0 Å². The van der Waals surface area contributed by atoms with Crippen LogP contribution in [0.15, 0.2) is 23.1 Å². The van der Waals surface area contributed by atoms with Gasteiger partial charge in [-0.2, -0.15) is 0 Å². The molecule has 14 heavy (non-hydrogen) atoms. The van der Waals surface area contributed by atoms with Crippen molar-refractivity contribution < 1.29 is 14.3 Å². The minimum absolute atomic E-state index is 0.0108. The van der Waals surface area contributed by atoms with Gasteiger partial charge in [-0.05, 0) is 30.4 Å². The van der Waals surface area contributed by atoms with Crippen LogP contribution in [-0.2, 0) is 0 Å². The van der Waals surface area contributed by atoms with E-state index in [4.69, 9.17) is 5.11 Å². The summed E-state index contributed by atoms with van der Waals surface area (Å²) in [5.41, 5.74) is -0.0108. The highest BCUT2D eigenvalue weighted by molar-refractivity contribution is 7.99. The number of carboxylic acids is 1. The maximum Gasteiger partial charge on any atom is 0.335 e. The van der Waals surface area contributed by atoms with Crippen molar-refractivity contribution in [3.63, 3.8) is 0 Å². The van der Waals surface area contributed by atoms with Crippen LogP contribution in [0, 0.1) is 5.82 Å². The highest BCUT2D eigenvalue weighted by atomic mass is 32.2. The summed E-state index contributed by atoms with van der Waals surface area (Å²) in [5, 5.41) is 8.60. The smallest absolute Gasteiger partial charge is 0.335 e. The molecule has 0 fully saturated rings. The summed E-state index contributed by atoms with van der Waals surface area (Å²) in [7, 11) is 0. The van der Waals surface area contributed by atoms with Crippen molar-refractivity contribution in [3.8, 4) is 0 Å². The molecule has 1 aromatic carbocycles. The van der Waals surface area contributed by atoms with Gasteiger partial charge in [0, 0.05) is 4.90 Å².